The molecule has 0 atom stereocenters. The first-order valence-electron chi connectivity index (χ1n) is 5.82. The van der Waals surface area contributed by atoms with Gasteiger partial charge >= 0.3 is 0 Å². The number of hydrogen-bond acceptors (Lipinski definition) is 4. The molecule has 21 heavy (non-hydrogen) atoms. The van der Waals surface area contributed by atoms with E-state index in [1.165, 1.54) is 25.2 Å². The van der Waals surface area contributed by atoms with Crippen LogP contribution in [0.2, 0.25) is 0 Å². The number of halogens is 2. The van der Waals surface area contributed by atoms with Gasteiger partial charge in [0.1, 0.15) is 0 Å². The molecule has 2 aromatic carbocycles. The Balaban J connectivity index is 2.62. The van der Waals surface area contributed by atoms with Crippen molar-refractivity contribution in [1.82, 2.24) is 0 Å². The average Bonchev–Trinajstić information content (AvgIpc) is 2.49. The van der Waals surface area contributed by atoms with Crippen LogP contribution in [0.15, 0.2) is 36.4 Å². The molecule has 0 bridgehead atoms. The van der Waals surface area contributed by atoms with Crippen LogP contribution in [0, 0.1) is 33.1 Å². The highest BCUT2D eigenvalue weighted by molar-refractivity contribution is 5.72. The van der Waals surface area contributed by atoms with Crippen LogP contribution in [-0.4, -0.2) is 12.0 Å². The molecular weight excluding hydrogens is 280 g/mol. The first kappa shape index (κ1) is 14.4. The predicted octanol–water partition coefficient (Wildman–Crippen LogP) is 3.51. The van der Waals surface area contributed by atoms with Crippen molar-refractivity contribution in [3.63, 3.8) is 0 Å². The lowest BCUT2D eigenvalue weighted by molar-refractivity contribution is -0.384. The molecule has 0 fully saturated rings. The van der Waals surface area contributed by atoms with Gasteiger partial charge in [-0.2, -0.15) is 5.26 Å². The van der Waals surface area contributed by atoms with Crippen molar-refractivity contribution in [2.75, 3.05) is 11.9 Å². The molecule has 2 aromatic rings. The van der Waals surface area contributed by atoms with Crippen LogP contribution in [0.5, 0.6) is 0 Å². The number of nitriles is 1. The molecule has 0 radical (unpaired) electrons. The summed E-state index contributed by atoms with van der Waals surface area (Å²) in [6, 6.07) is 9.56. The van der Waals surface area contributed by atoms with E-state index in [0.29, 0.717) is 17.3 Å². The number of rotatable bonds is 3. The Kier molecular flexibility index (Phi) is 3.80. The van der Waals surface area contributed by atoms with E-state index in [1.807, 2.05) is 6.07 Å². The molecule has 0 N–H and O–H groups in total. The molecular formula is C14H9F2N3O2. The zero-order chi connectivity index (χ0) is 15.6. The number of nitrogens with zero attached hydrogens (tertiary/aromatic N) is 3. The lowest BCUT2D eigenvalue weighted by Crippen LogP contribution is -2.14. The fourth-order valence-electron chi connectivity index (χ4n) is 1.91. The average molecular weight is 289 g/mol. The third kappa shape index (κ3) is 2.65. The molecule has 0 saturated carbocycles. The van der Waals surface area contributed by atoms with Gasteiger partial charge in [-0.15, -0.1) is 0 Å². The highest BCUT2D eigenvalue weighted by atomic mass is 19.2. The predicted molar refractivity (Wildman–Crippen MR) is 72.2 cm³/mol. The Morgan fingerprint density at radius 1 is 1.29 bits per heavy atom. The minimum absolute atomic E-state index is 0.304. The topological polar surface area (TPSA) is 70.2 Å². The van der Waals surface area contributed by atoms with E-state index in [0.717, 1.165) is 11.0 Å². The fourth-order valence-corrected chi connectivity index (χ4v) is 1.91. The monoisotopic (exact) mass is 289 g/mol. The Morgan fingerprint density at radius 3 is 2.62 bits per heavy atom. The second-order valence-electron chi connectivity index (χ2n) is 4.21. The molecule has 7 heteroatoms. The molecule has 0 spiro atoms. The Bertz CT molecular complexity index is 756. The summed E-state index contributed by atoms with van der Waals surface area (Å²) < 4.78 is 27.3. The maximum Gasteiger partial charge on any atom is 0.296 e. The summed E-state index contributed by atoms with van der Waals surface area (Å²) in [4.78, 5) is 11.3. The van der Waals surface area contributed by atoms with Crippen LogP contribution >= 0.6 is 0 Å². The minimum atomic E-state index is -1.31. The lowest BCUT2D eigenvalue weighted by Gasteiger charge is -2.20. The number of hydrogen-bond donors (Lipinski definition) is 0. The van der Waals surface area contributed by atoms with Crippen molar-refractivity contribution in [2.45, 2.75) is 0 Å². The molecule has 106 valence electrons. The van der Waals surface area contributed by atoms with E-state index >= 15 is 0 Å². The smallest absolute Gasteiger partial charge is 0.296 e. The highest BCUT2D eigenvalue weighted by Crippen LogP contribution is 2.36. The molecule has 0 aliphatic carbocycles. The number of nitro groups is 1. The van der Waals surface area contributed by atoms with Gasteiger partial charge in [0, 0.05) is 18.8 Å². The number of anilines is 2. The molecule has 0 heterocycles. The largest absolute Gasteiger partial charge is 0.336 e. The fraction of sp³-hybridized carbons (Fsp3) is 0.0714. The van der Waals surface area contributed by atoms with Gasteiger partial charge in [0.05, 0.1) is 16.6 Å². The van der Waals surface area contributed by atoms with Crippen LogP contribution in [-0.2, 0) is 0 Å². The second-order valence-corrected chi connectivity index (χ2v) is 4.21. The Hall–Kier alpha value is -3.01. The SMILES string of the molecule is CN(c1cccc(C#N)c1)c1c([N+](=O)[O-])ccc(F)c1F. The minimum Gasteiger partial charge on any atom is -0.336 e. The van der Waals surface area contributed by atoms with Gasteiger partial charge in [0.25, 0.3) is 5.69 Å². The zero-order valence-electron chi connectivity index (χ0n) is 10.9. The normalized spacial score (nSPS) is 10.0. The van der Waals surface area contributed by atoms with Crippen molar-refractivity contribution >= 4 is 17.1 Å². The van der Waals surface area contributed by atoms with Crippen molar-refractivity contribution < 1.29 is 13.7 Å². The van der Waals surface area contributed by atoms with Crippen molar-refractivity contribution in [1.29, 1.82) is 5.26 Å². The summed E-state index contributed by atoms with van der Waals surface area (Å²) in [5.74, 6) is -2.49. The van der Waals surface area contributed by atoms with Crippen molar-refractivity contribution in [3.05, 3.63) is 63.7 Å². The second kappa shape index (κ2) is 5.54. The molecule has 0 amide bonds. The molecule has 0 aliphatic rings. The first-order chi connectivity index (χ1) is 9.95. The summed E-state index contributed by atoms with van der Waals surface area (Å²) in [5, 5.41) is 19.8. The highest BCUT2D eigenvalue weighted by Gasteiger charge is 2.25. The zero-order valence-corrected chi connectivity index (χ0v) is 10.9. The molecule has 5 nitrogen and oxygen atoms in total. The standard InChI is InChI=1S/C14H9F2N3O2/c1-18(10-4-2-3-9(7-10)8-17)14-12(19(20)21)6-5-11(15)13(14)16/h2-7H,1H3. The van der Waals surface area contributed by atoms with Gasteiger partial charge < -0.3 is 4.90 Å². The molecule has 2 rings (SSSR count). The number of nitro benzene ring substituents is 1. The van der Waals surface area contributed by atoms with Crippen LogP contribution in [0.4, 0.5) is 25.8 Å². The van der Waals surface area contributed by atoms with E-state index in [9.17, 15) is 18.9 Å². The summed E-state index contributed by atoms with van der Waals surface area (Å²) in [5.41, 5.74) is -0.408. The lowest BCUT2D eigenvalue weighted by atomic mass is 10.1. The Labute approximate surface area is 118 Å². The molecule has 0 unspecified atom stereocenters. The first-order valence-corrected chi connectivity index (χ1v) is 5.82. The maximum absolute atomic E-state index is 14.0. The summed E-state index contributed by atoms with van der Waals surface area (Å²) in [7, 11) is 1.36. The van der Waals surface area contributed by atoms with E-state index in [4.69, 9.17) is 5.26 Å². The number of benzene rings is 2. The van der Waals surface area contributed by atoms with Gasteiger partial charge in [0.2, 0.25) is 0 Å². The third-order valence-electron chi connectivity index (χ3n) is 2.94. The Morgan fingerprint density at radius 2 is 2.00 bits per heavy atom. The van der Waals surface area contributed by atoms with Crippen molar-refractivity contribution in [2.24, 2.45) is 0 Å². The molecule has 0 saturated heterocycles. The van der Waals surface area contributed by atoms with Gasteiger partial charge in [0.15, 0.2) is 17.3 Å². The van der Waals surface area contributed by atoms with Gasteiger partial charge in [-0.3, -0.25) is 10.1 Å². The van der Waals surface area contributed by atoms with Crippen LogP contribution in [0.1, 0.15) is 5.56 Å². The van der Waals surface area contributed by atoms with Crippen LogP contribution in [0.3, 0.4) is 0 Å². The molecule has 0 aromatic heterocycles. The van der Waals surface area contributed by atoms with Crippen LogP contribution in [0.25, 0.3) is 0 Å². The quantitative estimate of drug-likeness (QED) is 0.640. The van der Waals surface area contributed by atoms with Gasteiger partial charge in [-0.1, -0.05) is 6.07 Å². The maximum atomic E-state index is 14.0. The van der Waals surface area contributed by atoms with E-state index < -0.39 is 27.9 Å². The van der Waals surface area contributed by atoms with Crippen LogP contribution < -0.4 is 4.90 Å². The van der Waals surface area contributed by atoms with E-state index in [1.54, 1.807) is 6.07 Å². The van der Waals surface area contributed by atoms with E-state index in [2.05, 4.69) is 0 Å². The summed E-state index contributed by atoms with van der Waals surface area (Å²) in [6.07, 6.45) is 0. The van der Waals surface area contributed by atoms with E-state index in [-0.39, 0.29) is 0 Å². The van der Waals surface area contributed by atoms with Crippen molar-refractivity contribution in [3.8, 4) is 6.07 Å². The van der Waals surface area contributed by atoms with Gasteiger partial charge in [-0.25, -0.2) is 8.78 Å². The van der Waals surface area contributed by atoms with Gasteiger partial charge in [-0.05, 0) is 24.3 Å². The third-order valence-corrected chi connectivity index (χ3v) is 2.94. The summed E-state index contributed by atoms with van der Waals surface area (Å²) in [6.45, 7) is 0. The summed E-state index contributed by atoms with van der Waals surface area (Å²) >= 11 is 0. The molecule has 0 aliphatic heterocycles.